The predicted octanol–water partition coefficient (Wildman–Crippen LogP) is 3.64. The molecule has 2 heterocycles. The molecule has 0 saturated carbocycles. The number of fused-ring (bicyclic) bond motifs is 1. The zero-order chi connectivity index (χ0) is 12.5. The summed E-state index contributed by atoms with van der Waals surface area (Å²) in [6, 6.07) is 4.18. The van der Waals surface area contributed by atoms with Crippen molar-refractivity contribution < 1.29 is 5.11 Å². The van der Waals surface area contributed by atoms with Crippen LogP contribution in [-0.2, 0) is 6.42 Å². The van der Waals surface area contributed by atoms with Gasteiger partial charge >= 0.3 is 0 Å². The standard InChI is InChI=1S/C14H19NOS/c1-14(2,3)8-11(16)7-12-6-10-4-5-15-9-13(10)17-12/h4-6,9,11,16H,7-8H2,1-3H3. The molecule has 1 N–H and O–H groups in total. The summed E-state index contributed by atoms with van der Waals surface area (Å²) in [6.45, 7) is 6.47. The minimum absolute atomic E-state index is 0.178. The molecule has 0 bridgehead atoms. The Balaban J connectivity index is 2.08. The average Bonchev–Trinajstić information content (AvgIpc) is 2.55. The van der Waals surface area contributed by atoms with Crippen LogP contribution in [0.3, 0.4) is 0 Å². The van der Waals surface area contributed by atoms with Crippen LogP contribution in [0, 0.1) is 5.41 Å². The number of aliphatic hydroxyl groups is 1. The van der Waals surface area contributed by atoms with Crippen molar-refractivity contribution in [2.75, 3.05) is 0 Å². The molecule has 0 aliphatic rings. The van der Waals surface area contributed by atoms with E-state index in [2.05, 4.69) is 31.8 Å². The van der Waals surface area contributed by atoms with E-state index in [1.165, 1.54) is 15.0 Å². The molecule has 0 aliphatic carbocycles. The van der Waals surface area contributed by atoms with Gasteiger partial charge in [-0.1, -0.05) is 20.8 Å². The van der Waals surface area contributed by atoms with Crippen LogP contribution in [0.1, 0.15) is 32.1 Å². The Labute approximate surface area is 106 Å². The highest BCUT2D eigenvalue weighted by molar-refractivity contribution is 7.19. The summed E-state index contributed by atoms with van der Waals surface area (Å²) in [5, 5.41) is 11.3. The van der Waals surface area contributed by atoms with Crippen LogP contribution in [-0.4, -0.2) is 16.2 Å². The highest BCUT2D eigenvalue weighted by Gasteiger charge is 2.17. The van der Waals surface area contributed by atoms with E-state index < -0.39 is 0 Å². The van der Waals surface area contributed by atoms with Crippen LogP contribution >= 0.6 is 11.3 Å². The second-order valence-electron chi connectivity index (χ2n) is 5.75. The van der Waals surface area contributed by atoms with E-state index >= 15 is 0 Å². The number of aliphatic hydroxyl groups excluding tert-OH is 1. The lowest BCUT2D eigenvalue weighted by Crippen LogP contribution is -2.19. The lowest BCUT2D eigenvalue weighted by molar-refractivity contribution is 0.122. The quantitative estimate of drug-likeness (QED) is 0.901. The molecule has 92 valence electrons. The Kier molecular flexibility index (Phi) is 3.50. The maximum atomic E-state index is 10.1. The largest absolute Gasteiger partial charge is 0.393 e. The van der Waals surface area contributed by atoms with Gasteiger partial charge in [0.15, 0.2) is 0 Å². The van der Waals surface area contributed by atoms with Gasteiger partial charge in [0.25, 0.3) is 0 Å². The summed E-state index contributed by atoms with van der Waals surface area (Å²) < 4.78 is 1.20. The topological polar surface area (TPSA) is 33.1 Å². The minimum atomic E-state index is -0.254. The third kappa shape index (κ3) is 3.51. The number of aromatic nitrogens is 1. The Bertz CT molecular complexity index is 465. The van der Waals surface area contributed by atoms with Crippen molar-refractivity contribution in [3.05, 3.63) is 29.4 Å². The SMILES string of the molecule is CC(C)(C)CC(O)Cc1cc2ccncc2s1. The second kappa shape index (κ2) is 4.75. The van der Waals surface area contributed by atoms with Gasteiger partial charge in [-0.25, -0.2) is 0 Å². The first-order valence-corrected chi connectivity index (χ1v) is 6.76. The summed E-state index contributed by atoms with van der Waals surface area (Å²) in [4.78, 5) is 5.35. The number of rotatable bonds is 3. The third-order valence-electron chi connectivity index (χ3n) is 2.66. The molecule has 2 aromatic heterocycles. The van der Waals surface area contributed by atoms with Crippen LogP contribution in [0.25, 0.3) is 10.1 Å². The Morgan fingerprint density at radius 3 is 2.82 bits per heavy atom. The van der Waals surface area contributed by atoms with E-state index in [4.69, 9.17) is 0 Å². The third-order valence-corrected chi connectivity index (χ3v) is 3.77. The van der Waals surface area contributed by atoms with Crippen molar-refractivity contribution in [3.8, 4) is 0 Å². The summed E-state index contributed by atoms with van der Waals surface area (Å²) in [7, 11) is 0. The van der Waals surface area contributed by atoms with Gasteiger partial charge in [-0.2, -0.15) is 0 Å². The van der Waals surface area contributed by atoms with Crippen molar-refractivity contribution in [1.82, 2.24) is 4.98 Å². The lowest BCUT2D eigenvalue weighted by atomic mass is 9.88. The summed E-state index contributed by atoms with van der Waals surface area (Å²) in [6.07, 6.45) is 5.02. The minimum Gasteiger partial charge on any atom is -0.393 e. The molecule has 0 aromatic carbocycles. The summed E-state index contributed by atoms with van der Waals surface area (Å²) in [5.74, 6) is 0. The smallest absolute Gasteiger partial charge is 0.0593 e. The predicted molar refractivity (Wildman–Crippen MR) is 73.4 cm³/mol. The second-order valence-corrected chi connectivity index (χ2v) is 6.92. The fraction of sp³-hybridized carbons (Fsp3) is 0.500. The van der Waals surface area contributed by atoms with Crippen molar-refractivity contribution in [2.24, 2.45) is 5.41 Å². The van der Waals surface area contributed by atoms with Gasteiger partial charge in [0.05, 0.1) is 10.8 Å². The number of thiophene rings is 1. The molecular formula is C14H19NOS. The summed E-state index contributed by atoms with van der Waals surface area (Å²) >= 11 is 1.73. The summed E-state index contributed by atoms with van der Waals surface area (Å²) in [5.41, 5.74) is 0.178. The molecule has 2 nitrogen and oxygen atoms in total. The number of nitrogens with zero attached hydrogens (tertiary/aromatic N) is 1. The van der Waals surface area contributed by atoms with Crippen LogP contribution in [0.4, 0.5) is 0 Å². The molecule has 0 fully saturated rings. The van der Waals surface area contributed by atoms with Gasteiger partial charge in [-0.05, 0) is 29.4 Å². The molecule has 1 unspecified atom stereocenters. The normalized spacial score (nSPS) is 14.1. The number of hydrogen-bond donors (Lipinski definition) is 1. The van der Waals surface area contributed by atoms with E-state index in [-0.39, 0.29) is 11.5 Å². The average molecular weight is 249 g/mol. The first kappa shape index (κ1) is 12.5. The van der Waals surface area contributed by atoms with Gasteiger partial charge < -0.3 is 5.11 Å². The highest BCUT2D eigenvalue weighted by Crippen LogP contribution is 2.28. The molecule has 0 spiro atoms. The molecule has 0 aliphatic heterocycles. The Morgan fingerprint density at radius 2 is 2.18 bits per heavy atom. The maximum Gasteiger partial charge on any atom is 0.0593 e. The van der Waals surface area contributed by atoms with Crippen LogP contribution < -0.4 is 0 Å². The van der Waals surface area contributed by atoms with Crippen molar-refractivity contribution >= 4 is 21.4 Å². The van der Waals surface area contributed by atoms with Crippen LogP contribution in [0.5, 0.6) is 0 Å². The lowest BCUT2D eigenvalue weighted by Gasteiger charge is -2.21. The van der Waals surface area contributed by atoms with E-state index in [9.17, 15) is 5.11 Å². The van der Waals surface area contributed by atoms with Gasteiger partial charge in [0.2, 0.25) is 0 Å². The van der Waals surface area contributed by atoms with E-state index in [0.29, 0.717) is 0 Å². The molecule has 0 radical (unpaired) electrons. The molecule has 2 aromatic rings. The molecule has 1 atom stereocenters. The molecule has 17 heavy (non-hydrogen) atoms. The fourth-order valence-electron chi connectivity index (χ4n) is 2.05. The molecule has 0 amide bonds. The van der Waals surface area contributed by atoms with Crippen molar-refractivity contribution in [1.29, 1.82) is 0 Å². The number of pyridine rings is 1. The first-order chi connectivity index (χ1) is 7.94. The first-order valence-electron chi connectivity index (χ1n) is 5.94. The monoisotopic (exact) mass is 249 g/mol. The Morgan fingerprint density at radius 1 is 1.41 bits per heavy atom. The van der Waals surface area contributed by atoms with E-state index in [1.807, 2.05) is 18.5 Å². The van der Waals surface area contributed by atoms with Gasteiger partial charge in [-0.3, -0.25) is 4.98 Å². The molecule has 3 heteroatoms. The van der Waals surface area contributed by atoms with Crippen molar-refractivity contribution in [2.45, 2.75) is 39.7 Å². The number of hydrogen-bond acceptors (Lipinski definition) is 3. The maximum absolute atomic E-state index is 10.1. The zero-order valence-electron chi connectivity index (χ0n) is 10.6. The van der Waals surface area contributed by atoms with Gasteiger partial charge in [-0.15, -0.1) is 11.3 Å². The van der Waals surface area contributed by atoms with Crippen LogP contribution in [0.15, 0.2) is 24.5 Å². The van der Waals surface area contributed by atoms with Gasteiger partial charge in [0, 0.05) is 23.7 Å². The van der Waals surface area contributed by atoms with E-state index in [1.54, 1.807) is 11.3 Å². The zero-order valence-corrected chi connectivity index (χ0v) is 11.4. The molecule has 0 saturated heterocycles. The highest BCUT2D eigenvalue weighted by atomic mass is 32.1. The van der Waals surface area contributed by atoms with Crippen LogP contribution in [0.2, 0.25) is 0 Å². The van der Waals surface area contributed by atoms with Crippen molar-refractivity contribution in [3.63, 3.8) is 0 Å². The van der Waals surface area contributed by atoms with Gasteiger partial charge in [0.1, 0.15) is 0 Å². The van der Waals surface area contributed by atoms with E-state index in [0.717, 1.165) is 12.8 Å². The fourth-order valence-corrected chi connectivity index (χ4v) is 3.15. The molecular weight excluding hydrogens is 230 g/mol. The molecule has 2 rings (SSSR count). The Hall–Kier alpha value is -0.930.